The molecule has 5 aromatic rings. The van der Waals surface area contributed by atoms with Crippen LogP contribution in [0.25, 0.3) is 27.8 Å². The summed E-state index contributed by atoms with van der Waals surface area (Å²) in [5, 5.41) is 0. The number of nitrogens with zero attached hydrogens (tertiary/aromatic N) is 6. The van der Waals surface area contributed by atoms with Crippen LogP contribution >= 0.6 is 15.9 Å². The molecule has 0 unspecified atom stereocenters. The molecule has 40 heavy (non-hydrogen) atoms. The van der Waals surface area contributed by atoms with Crippen molar-refractivity contribution < 1.29 is 18.9 Å². The van der Waals surface area contributed by atoms with Crippen LogP contribution < -0.4 is 11.1 Å². The van der Waals surface area contributed by atoms with E-state index in [1.807, 2.05) is 22.9 Å². The van der Waals surface area contributed by atoms with Gasteiger partial charge in [0.1, 0.15) is 0 Å². The third-order valence-corrected chi connectivity index (χ3v) is 6.91. The number of halogens is 1. The maximum atomic E-state index is 12.2. The van der Waals surface area contributed by atoms with Crippen LogP contribution in [-0.4, -0.2) is 67.7 Å². The lowest BCUT2D eigenvalue weighted by molar-refractivity contribution is -0.0525. The van der Waals surface area contributed by atoms with E-state index in [1.54, 1.807) is 46.2 Å². The van der Waals surface area contributed by atoms with E-state index in [0.29, 0.717) is 39.5 Å². The Balaban J connectivity index is 0.000000148. The van der Waals surface area contributed by atoms with Gasteiger partial charge in [0.2, 0.25) is 0 Å². The van der Waals surface area contributed by atoms with E-state index in [1.165, 1.54) is 12.1 Å². The molecule has 0 N–H and O–H groups in total. The maximum Gasteiger partial charge on any atom is 0.251 e. The van der Waals surface area contributed by atoms with Gasteiger partial charge in [-0.3, -0.25) is 19.6 Å². The smallest absolute Gasteiger partial charge is 0.251 e. The largest absolute Gasteiger partial charge is 0.348 e. The van der Waals surface area contributed by atoms with Crippen molar-refractivity contribution in [1.82, 2.24) is 28.7 Å². The van der Waals surface area contributed by atoms with E-state index in [9.17, 15) is 9.59 Å². The second-order valence-corrected chi connectivity index (χ2v) is 9.95. The summed E-state index contributed by atoms with van der Waals surface area (Å²) in [6.45, 7) is 3.00. The molecule has 0 saturated carbocycles. The summed E-state index contributed by atoms with van der Waals surface area (Å²) in [5.74, 6) is 0. The van der Waals surface area contributed by atoms with E-state index in [-0.39, 0.29) is 23.7 Å². The van der Waals surface area contributed by atoms with Crippen LogP contribution in [0.1, 0.15) is 0 Å². The van der Waals surface area contributed by atoms with Gasteiger partial charge in [0, 0.05) is 35.2 Å². The summed E-state index contributed by atoms with van der Waals surface area (Å²) < 4.78 is 27.6. The highest BCUT2D eigenvalue weighted by molar-refractivity contribution is 9.10. The van der Waals surface area contributed by atoms with Gasteiger partial charge in [0.15, 0.2) is 12.6 Å². The molecule has 0 bridgehead atoms. The Morgan fingerprint density at radius 3 is 1.88 bits per heavy atom. The van der Waals surface area contributed by atoms with Crippen LogP contribution in [0.4, 0.5) is 0 Å². The normalized spacial score (nSPS) is 16.0. The third kappa shape index (κ3) is 5.74. The second kappa shape index (κ2) is 11.8. The lowest BCUT2D eigenvalue weighted by atomic mass is 10.3. The first kappa shape index (κ1) is 26.5. The van der Waals surface area contributed by atoms with Crippen molar-refractivity contribution in [3.8, 4) is 5.69 Å². The molecule has 0 amide bonds. The average molecular weight is 609 g/mol. The first-order valence-electron chi connectivity index (χ1n) is 12.6. The summed E-state index contributed by atoms with van der Waals surface area (Å²) in [4.78, 5) is 36.9. The fourth-order valence-electron chi connectivity index (χ4n) is 4.55. The number of imidazole rings is 1. The highest BCUT2D eigenvalue weighted by Gasteiger charge is 2.19. The average Bonchev–Trinajstić information content (AvgIpc) is 3.77. The number of hydrogen-bond donors (Lipinski definition) is 0. The summed E-state index contributed by atoms with van der Waals surface area (Å²) in [5.41, 5.74) is 3.71. The van der Waals surface area contributed by atoms with Crippen molar-refractivity contribution in [2.45, 2.75) is 25.7 Å². The molecule has 12 nitrogen and oxygen atoms in total. The minimum atomic E-state index is -0.389. The van der Waals surface area contributed by atoms with E-state index < -0.39 is 0 Å². The zero-order valence-electron chi connectivity index (χ0n) is 21.3. The molecule has 0 aliphatic carbocycles. The van der Waals surface area contributed by atoms with E-state index in [4.69, 9.17) is 18.9 Å². The van der Waals surface area contributed by atoms with Gasteiger partial charge in [-0.05, 0) is 40.2 Å². The molecule has 2 aliphatic rings. The monoisotopic (exact) mass is 608 g/mol. The minimum Gasteiger partial charge on any atom is -0.348 e. The summed E-state index contributed by atoms with van der Waals surface area (Å²) >= 11 is 3.36. The van der Waals surface area contributed by atoms with Gasteiger partial charge in [-0.25, -0.2) is 4.98 Å². The Morgan fingerprint density at radius 2 is 1.32 bits per heavy atom. The lowest BCUT2D eigenvalue weighted by Gasteiger charge is -2.14. The number of hydrogen-bond acceptors (Lipinski definition) is 9. The molecule has 2 aliphatic heterocycles. The molecule has 7 rings (SSSR count). The first-order chi connectivity index (χ1) is 19.5. The number of rotatable bonds is 5. The van der Waals surface area contributed by atoms with Gasteiger partial charge < -0.3 is 32.6 Å². The van der Waals surface area contributed by atoms with Crippen LogP contribution in [0, 0.1) is 0 Å². The van der Waals surface area contributed by atoms with Crippen LogP contribution in [0.3, 0.4) is 0 Å². The Morgan fingerprint density at radius 1 is 0.775 bits per heavy atom. The molecule has 13 heteroatoms. The summed E-state index contributed by atoms with van der Waals surface area (Å²) in [7, 11) is 0. The van der Waals surface area contributed by atoms with Gasteiger partial charge in [-0.1, -0.05) is 0 Å². The van der Waals surface area contributed by atoms with Crippen molar-refractivity contribution in [2.24, 2.45) is 0 Å². The van der Waals surface area contributed by atoms with Gasteiger partial charge in [0.05, 0.1) is 79.8 Å². The topological polar surface area (TPSA) is 125 Å². The molecule has 2 saturated heterocycles. The van der Waals surface area contributed by atoms with E-state index in [0.717, 1.165) is 32.2 Å². The Bertz CT molecular complexity index is 1740. The first-order valence-corrected chi connectivity index (χ1v) is 13.4. The Labute approximate surface area is 235 Å². The maximum absolute atomic E-state index is 12.2. The molecule has 0 aromatic carbocycles. The van der Waals surface area contributed by atoms with Gasteiger partial charge in [0.25, 0.3) is 11.1 Å². The predicted molar refractivity (Wildman–Crippen MR) is 148 cm³/mol. The van der Waals surface area contributed by atoms with Crippen molar-refractivity contribution in [3.05, 3.63) is 92.7 Å². The SMILES string of the molecule is O=c1ccc2ncc(-n3ccnc3)cc2n1CC1OCCO1.O=c1ccc2ncc(Br)cc2n1CC1OCCO1. The van der Waals surface area contributed by atoms with Crippen LogP contribution in [0.15, 0.2) is 81.6 Å². The van der Waals surface area contributed by atoms with Gasteiger partial charge in [-0.2, -0.15) is 0 Å². The number of fused-ring (bicyclic) bond motifs is 2. The van der Waals surface area contributed by atoms with Crippen molar-refractivity contribution in [3.63, 3.8) is 0 Å². The quantitative estimate of drug-likeness (QED) is 0.296. The van der Waals surface area contributed by atoms with Crippen LogP contribution in [0.5, 0.6) is 0 Å². The molecule has 7 heterocycles. The van der Waals surface area contributed by atoms with Crippen molar-refractivity contribution in [2.75, 3.05) is 26.4 Å². The highest BCUT2D eigenvalue weighted by Crippen LogP contribution is 2.18. The van der Waals surface area contributed by atoms with E-state index in [2.05, 4.69) is 30.9 Å². The lowest BCUT2D eigenvalue weighted by Crippen LogP contribution is -2.27. The Hall–Kier alpha value is -3.75. The predicted octanol–water partition coefficient (Wildman–Crippen LogP) is 2.49. The standard InChI is InChI=1S/C15H14N4O3.C12H11BrN2O3/c20-14-2-1-12-13(19(14)9-15-21-5-6-22-15)7-11(8-17-12)18-4-3-16-10-18;13-8-5-10-9(14-6-8)1-2-11(16)15(10)7-12-17-3-4-18-12/h1-4,7-8,10,15H,5-6,9H2;1-2,5-6,12H,3-4,7H2. The number of pyridine rings is 4. The van der Waals surface area contributed by atoms with Crippen molar-refractivity contribution >= 4 is 38.0 Å². The molecule has 2 fully saturated rings. The minimum absolute atomic E-state index is 0.0819. The molecular formula is C27H25BrN6O6. The van der Waals surface area contributed by atoms with Gasteiger partial charge >= 0.3 is 0 Å². The second-order valence-electron chi connectivity index (χ2n) is 9.03. The van der Waals surface area contributed by atoms with Crippen LogP contribution in [0.2, 0.25) is 0 Å². The molecule has 206 valence electrons. The fraction of sp³-hybridized carbons (Fsp3) is 0.296. The van der Waals surface area contributed by atoms with Crippen LogP contribution in [-0.2, 0) is 32.0 Å². The Kier molecular flexibility index (Phi) is 7.80. The highest BCUT2D eigenvalue weighted by atomic mass is 79.9. The number of aromatic nitrogens is 6. The summed E-state index contributed by atoms with van der Waals surface area (Å²) in [6, 6.07) is 10.3. The molecular weight excluding hydrogens is 584 g/mol. The van der Waals surface area contributed by atoms with Gasteiger partial charge in [-0.15, -0.1) is 0 Å². The zero-order chi connectivity index (χ0) is 27.5. The zero-order valence-corrected chi connectivity index (χ0v) is 22.8. The number of ether oxygens (including phenoxy) is 4. The molecule has 5 aromatic heterocycles. The fourth-order valence-corrected chi connectivity index (χ4v) is 4.87. The third-order valence-electron chi connectivity index (χ3n) is 6.48. The molecule has 0 spiro atoms. The molecule has 0 radical (unpaired) electrons. The summed E-state index contributed by atoms with van der Waals surface area (Å²) in [6.07, 6.45) is 7.94. The van der Waals surface area contributed by atoms with Crippen molar-refractivity contribution in [1.29, 1.82) is 0 Å². The van der Waals surface area contributed by atoms with E-state index >= 15 is 0 Å². The molecule has 0 atom stereocenters.